The molecule has 0 spiro atoms. The molecule has 0 bridgehead atoms. The van der Waals surface area contributed by atoms with Gasteiger partial charge in [0.25, 0.3) is 0 Å². The number of halogens is 3. The molecule has 0 saturated carbocycles. The Balaban J connectivity index is 2.99. The second-order valence-corrected chi connectivity index (χ2v) is 3.01. The average molecular weight is 234 g/mol. The zero-order chi connectivity index (χ0) is 12.2. The van der Waals surface area contributed by atoms with E-state index in [4.69, 9.17) is 4.74 Å². The number of alkyl halides is 3. The van der Waals surface area contributed by atoms with Crippen molar-refractivity contribution >= 4 is 6.29 Å². The second kappa shape index (κ2) is 4.98. The third kappa shape index (κ3) is 3.90. The van der Waals surface area contributed by atoms with Crippen molar-refractivity contribution in [1.29, 1.82) is 0 Å². The van der Waals surface area contributed by atoms with Gasteiger partial charge in [-0.15, -0.1) is 13.2 Å². The Morgan fingerprint density at radius 3 is 2.50 bits per heavy atom. The van der Waals surface area contributed by atoms with Crippen LogP contribution < -0.4 is 4.74 Å². The molecule has 0 saturated heterocycles. The van der Waals surface area contributed by atoms with Gasteiger partial charge in [-0.1, -0.05) is 0 Å². The Morgan fingerprint density at radius 2 is 2.00 bits per heavy atom. The summed E-state index contributed by atoms with van der Waals surface area (Å²) in [5.74, 6) is -0.427. The maximum absolute atomic E-state index is 12.0. The summed E-state index contributed by atoms with van der Waals surface area (Å²) >= 11 is 0. The first-order valence-electron chi connectivity index (χ1n) is 4.28. The van der Waals surface area contributed by atoms with Crippen molar-refractivity contribution in [3.8, 4) is 5.75 Å². The molecule has 0 unspecified atom stereocenters. The summed E-state index contributed by atoms with van der Waals surface area (Å²) in [6.45, 7) is 0.107. The molecule has 0 atom stereocenters. The molecule has 0 aliphatic rings. The fourth-order valence-electron chi connectivity index (χ4n) is 1.20. The fourth-order valence-corrected chi connectivity index (χ4v) is 1.20. The predicted molar refractivity (Wildman–Crippen MR) is 49.2 cm³/mol. The Kier molecular flexibility index (Phi) is 3.89. The molecule has 1 rings (SSSR count). The number of methoxy groups -OCH3 is 1. The van der Waals surface area contributed by atoms with Crippen LogP contribution in [0, 0.1) is 0 Å². The summed E-state index contributed by atoms with van der Waals surface area (Å²) in [6, 6.07) is 3.61. The summed E-state index contributed by atoms with van der Waals surface area (Å²) in [5.41, 5.74) is 0.542. The van der Waals surface area contributed by atoms with Gasteiger partial charge in [0.05, 0.1) is 6.61 Å². The van der Waals surface area contributed by atoms with Crippen LogP contribution >= 0.6 is 0 Å². The van der Waals surface area contributed by atoms with Crippen LogP contribution in [0.1, 0.15) is 15.9 Å². The standard InChI is InChI=1S/C10H9F3O3/c1-15-6-8-2-7(5-14)3-9(4-8)16-10(11,12)13/h2-5H,6H2,1H3. The van der Waals surface area contributed by atoms with Crippen LogP contribution in [-0.4, -0.2) is 19.8 Å². The molecule has 16 heavy (non-hydrogen) atoms. The van der Waals surface area contributed by atoms with Gasteiger partial charge in [0.15, 0.2) is 0 Å². The van der Waals surface area contributed by atoms with Crippen LogP contribution in [0.15, 0.2) is 18.2 Å². The van der Waals surface area contributed by atoms with E-state index in [9.17, 15) is 18.0 Å². The number of carbonyl (C=O) groups is 1. The van der Waals surface area contributed by atoms with Gasteiger partial charge >= 0.3 is 6.36 Å². The summed E-state index contributed by atoms with van der Waals surface area (Å²) in [7, 11) is 1.40. The largest absolute Gasteiger partial charge is 0.573 e. The predicted octanol–water partition coefficient (Wildman–Crippen LogP) is 2.54. The van der Waals surface area contributed by atoms with Gasteiger partial charge < -0.3 is 9.47 Å². The molecule has 1 aromatic rings. The Labute approximate surface area is 89.8 Å². The van der Waals surface area contributed by atoms with Crippen molar-refractivity contribution in [2.75, 3.05) is 7.11 Å². The van der Waals surface area contributed by atoms with Crippen LogP contribution in [0.4, 0.5) is 13.2 Å². The van der Waals surface area contributed by atoms with Gasteiger partial charge in [-0.05, 0) is 23.8 Å². The van der Waals surface area contributed by atoms with E-state index in [0.29, 0.717) is 11.8 Å². The Hall–Kier alpha value is -1.56. The Morgan fingerprint density at radius 1 is 1.31 bits per heavy atom. The van der Waals surface area contributed by atoms with E-state index >= 15 is 0 Å². The van der Waals surface area contributed by atoms with Crippen LogP contribution in [0.2, 0.25) is 0 Å². The molecular weight excluding hydrogens is 225 g/mol. The monoisotopic (exact) mass is 234 g/mol. The number of rotatable bonds is 4. The van der Waals surface area contributed by atoms with Crippen LogP contribution in [0.5, 0.6) is 5.75 Å². The van der Waals surface area contributed by atoms with Gasteiger partial charge in [-0.3, -0.25) is 4.79 Å². The van der Waals surface area contributed by atoms with E-state index < -0.39 is 12.1 Å². The zero-order valence-electron chi connectivity index (χ0n) is 8.38. The number of ether oxygens (including phenoxy) is 2. The molecule has 0 heterocycles. The van der Waals surface area contributed by atoms with Gasteiger partial charge in [-0.2, -0.15) is 0 Å². The second-order valence-electron chi connectivity index (χ2n) is 3.01. The minimum atomic E-state index is -4.77. The number of benzene rings is 1. The molecule has 1 aromatic carbocycles. The molecule has 0 N–H and O–H groups in total. The van der Waals surface area contributed by atoms with Crippen molar-refractivity contribution in [1.82, 2.24) is 0 Å². The maximum atomic E-state index is 12.0. The lowest BCUT2D eigenvalue weighted by atomic mass is 10.1. The Bertz CT molecular complexity index is 374. The first kappa shape index (κ1) is 12.5. The first-order valence-corrected chi connectivity index (χ1v) is 4.28. The quantitative estimate of drug-likeness (QED) is 0.751. The molecule has 0 radical (unpaired) electrons. The normalized spacial score (nSPS) is 11.2. The lowest BCUT2D eigenvalue weighted by Crippen LogP contribution is -2.17. The van der Waals surface area contributed by atoms with E-state index in [2.05, 4.69) is 4.74 Å². The highest BCUT2D eigenvalue weighted by molar-refractivity contribution is 5.76. The van der Waals surface area contributed by atoms with Crippen LogP contribution in [0.3, 0.4) is 0 Å². The summed E-state index contributed by atoms with van der Waals surface area (Å²) in [5, 5.41) is 0. The third-order valence-corrected chi connectivity index (χ3v) is 1.67. The van der Waals surface area contributed by atoms with Crippen molar-refractivity contribution in [3.05, 3.63) is 29.3 Å². The number of carbonyl (C=O) groups excluding carboxylic acids is 1. The zero-order valence-corrected chi connectivity index (χ0v) is 8.38. The molecule has 0 aliphatic heterocycles. The molecule has 0 amide bonds. The lowest BCUT2D eigenvalue weighted by Gasteiger charge is -2.10. The SMILES string of the molecule is COCc1cc(C=O)cc(OC(F)(F)F)c1. The van der Waals surface area contributed by atoms with Crippen molar-refractivity contribution in [2.45, 2.75) is 13.0 Å². The molecule has 6 heteroatoms. The topological polar surface area (TPSA) is 35.5 Å². The maximum Gasteiger partial charge on any atom is 0.573 e. The van der Waals surface area contributed by atoms with Crippen molar-refractivity contribution < 1.29 is 27.4 Å². The van der Waals surface area contributed by atoms with E-state index in [1.807, 2.05) is 0 Å². The van der Waals surface area contributed by atoms with E-state index in [1.54, 1.807) is 0 Å². The third-order valence-electron chi connectivity index (χ3n) is 1.67. The molecule has 0 aliphatic carbocycles. The highest BCUT2D eigenvalue weighted by Crippen LogP contribution is 2.24. The fraction of sp³-hybridized carbons (Fsp3) is 0.300. The van der Waals surface area contributed by atoms with Gasteiger partial charge in [0.1, 0.15) is 12.0 Å². The van der Waals surface area contributed by atoms with Crippen LogP contribution in [-0.2, 0) is 11.3 Å². The highest BCUT2D eigenvalue weighted by atomic mass is 19.4. The molecule has 0 aromatic heterocycles. The molecule has 88 valence electrons. The molecule has 3 nitrogen and oxygen atoms in total. The van der Waals surface area contributed by atoms with E-state index in [1.165, 1.54) is 19.2 Å². The average Bonchev–Trinajstić information content (AvgIpc) is 2.15. The number of aldehydes is 1. The number of hydrogen-bond acceptors (Lipinski definition) is 3. The highest BCUT2D eigenvalue weighted by Gasteiger charge is 2.31. The summed E-state index contributed by atoms with van der Waals surface area (Å²) in [6.07, 6.45) is -4.33. The summed E-state index contributed by atoms with van der Waals surface area (Å²) < 4.78 is 44.3. The van der Waals surface area contributed by atoms with E-state index in [-0.39, 0.29) is 12.2 Å². The van der Waals surface area contributed by atoms with Gasteiger partial charge in [0.2, 0.25) is 0 Å². The molecule has 0 fully saturated rings. The first-order chi connectivity index (χ1) is 7.44. The minimum Gasteiger partial charge on any atom is -0.406 e. The lowest BCUT2D eigenvalue weighted by molar-refractivity contribution is -0.274. The molecular formula is C10H9F3O3. The van der Waals surface area contributed by atoms with Crippen LogP contribution in [0.25, 0.3) is 0 Å². The smallest absolute Gasteiger partial charge is 0.406 e. The van der Waals surface area contributed by atoms with Crippen molar-refractivity contribution in [2.24, 2.45) is 0 Å². The van der Waals surface area contributed by atoms with Gasteiger partial charge in [0, 0.05) is 12.7 Å². The van der Waals surface area contributed by atoms with Crippen molar-refractivity contribution in [3.63, 3.8) is 0 Å². The van der Waals surface area contributed by atoms with Gasteiger partial charge in [-0.25, -0.2) is 0 Å². The van der Waals surface area contributed by atoms with E-state index in [0.717, 1.165) is 6.07 Å². The minimum absolute atomic E-state index is 0.105. The number of hydrogen-bond donors (Lipinski definition) is 0. The summed E-state index contributed by atoms with van der Waals surface area (Å²) in [4.78, 5) is 10.5.